The van der Waals surface area contributed by atoms with Gasteiger partial charge in [-0.3, -0.25) is 14.4 Å². The van der Waals surface area contributed by atoms with E-state index in [1.54, 1.807) is 0 Å². The Bertz CT molecular complexity index is 751. The van der Waals surface area contributed by atoms with Gasteiger partial charge >= 0.3 is 6.18 Å². The zero-order valence-electron chi connectivity index (χ0n) is 15.1. The van der Waals surface area contributed by atoms with Crippen molar-refractivity contribution in [2.45, 2.75) is 19.1 Å². The van der Waals surface area contributed by atoms with Gasteiger partial charge in [0, 0.05) is 38.3 Å². The van der Waals surface area contributed by atoms with E-state index >= 15 is 0 Å². The summed E-state index contributed by atoms with van der Waals surface area (Å²) in [6, 6.07) is 7.34. The lowest BCUT2D eigenvalue weighted by Crippen LogP contribution is -2.47. The van der Waals surface area contributed by atoms with E-state index in [1.807, 2.05) is 29.2 Å². The van der Waals surface area contributed by atoms with Crippen molar-refractivity contribution in [3.05, 3.63) is 29.8 Å². The second-order valence-corrected chi connectivity index (χ2v) is 6.95. The Kier molecular flexibility index (Phi) is 5.76. The van der Waals surface area contributed by atoms with E-state index in [0.29, 0.717) is 24.5 Å². The molecule has 10 heteroatoms. The van der Waals surface area contributed by atoms with Crippen molar-refractivity contribution in [1.29, 1.82) is 0 Å². The van der Waals surface area contributed by atoms with Gasteiger partial charge in [-0.05, 0) is 17.7 Å². The highest BCUT2D eigenvalue weighted by atomic mass is 19.4. The van der Waals surface area contributed by atoms with Crippen LogP contribution in [-0.2, 0) is 20.9 Å². The predicted molar refractivity (Wildman–Crippen MR) is 94.3 cm³/mol. The van der Waals surface area contributed by atoms with E-state index in [0.717, 1.165) is 11.3 Å². The number of hydrogen-bond donors (Lipinski definition) is 2. The molecule has 7 nitrogen and oxygen atoms in total. The standard InChI is InChI=1S/C18H21F3N4O3/c19-18(20,21)11-25-9-13(7-16(25)27)17(28)23-8-12-1-3-14(4-2-12)24-6-5-22-15(26)10-24/h1-4,13H,5-11H2,(H,22,26)(H,23,28). The van der Waals surface area contributed by atoms with Gasteiger partial charge in [-0.1, -0.05) is 12.1 Å². The van der Waals surface area contributed by atoms with Crippen molar-refractivity contribution < 1.29 is 27.6 Å². The third kappa shape index (κ3) is 5.14. The molecule has 2 saturated heterocycles. The molecule has 2 aliphatic heterocycles. The molecule has 0 bridgehead atoms. The fraction of sp³-hybridized carbons (Fsp3) is 0.500. The van der Waals surface area contributed by atoms with Crippen molar-refractivity contribution >= 4 is 23.4 Å². The number of likely N-dealkylation sites (tertiary alicyclic amines) is 1. The number of hydrogen-bond acceptors (Lipinski definition) is 4. The molecule has 1 unspecified atom stereocenters. The zero-order valence-corrected chi connectivity index (χ0v) is 15.1. The van der Waals surface area contributed by atoms with Crippen molar-refractivity contribution in [2.24, 2.45) is 5.92 Å². The van der Waals surface area contributed by atoms with Gasteiger partial charge in [0.05, 0.1) is 12.5 Å². The molecular formula is C18H21F3N4O3. The number of nitrogens with zero attached hydrogens (tertiary/aromatic N) is 2. The maximum atomic E-state index is 12.4. The second-order valence-electron chi connectivity index (χ2n) is 6.95. The molecular weight excluding hydrogens is 377 g/mol. The number of amides is 3. The minimum atomic E-state index is -4.47. The minimum absolute atomic E-state index is 0.0340. The number of rotatable bonds is 5. The fourth-order valence-electron chi connectivity index (χ4n) is 3.33. The van der Waals surface area contributed by atoms with Crippen LogP contribution < -0.4 is 15.5 Å². The van der Waals surface area contributed by atoms with Gasteiger partial charge in [-0.2, -0.15) is 13.2 Å². The summed E-state index contributed by atoms with van der Waals surface area (Å²) in [5.41, 5.74) is 1.71. The lowest BCUT2D eigenvalue weighted by Gasteiger charge is -2.28. The van der Waals surface area contributed by atoms with Crippen LogP contribution in [0.5, 0.6) is 0 Å². The number of anilines is 1. The van der Waals surface area contributed by atoms with Crippen LogP contribution in [0.15, 0.2) is 24.3 Å². The molecule has 1 aromatic carbocycles. The van der Waals surface area contributed by atoms with Crippen LogP contribution in [0.3, 0.4) is 0 Å². The van der Waals surface area contributed by atoms with E-state index in [2.05, 4.69) is 10.6 Å². The summed E-state index contributed by atoms with van der Waals surface area (Å²) in [6.07, 6.45) is -4.68. The first-order valence-electron chi connectivity index (χ1n) is 8.94. The van der Waals surface area contributed by atoms with Crippen LogP contribution in [0.1, 0.15) is 12.0 Å². The van der Waals surface area contributed by atoms with Gasteiger partial charge in [-0.25, -0.2) is 0 Å². The molecule has 2 heterocycles. The molecule has 2 N–H and O–H groups in total. The van der Waals surface area contributed by atoms with E-state index in [4.69, 9.17) is 0 Å². The summed E-state index contributed by atoms with van der Waals surface area (Å²) in [5, 5.41) is 5.43. The summed E-state index contributed by atoms with van der Waals surface area (Å²) in [4.78, 5) is 37.9. The highest BCUT2D eigenvalue weighted by Crippen LogP contribution is 2.24. The van der Waals surface area contributed by atoms with Crippen molar-refractivity contribution in [3.63, 3.8) is 0 Å². The minimum Gasteiger partial charge on any atom is -0.360 e. The Balaban J connectivity index is 1.49. The highest BCUT2D eigenvalue weighted by molar-refractivity contribution is 5.89. The first-order valence-corrected chi connectivity index (χ1v) is 8.94. The predicted octanol–water partition coefficient (Wildman–Crippen LogP) is 0.650. The lowest BCUT2D eigenvalue weighted by atomic mass is 10.1. The van der Waals surface area contributed by atoms with E-state index in [-0.39, 0.29) is 25.4 Å². The van der Waals surface area contributed by atoms with Crippen molar-refractivity contribution in [3.8, 4) is 0 Å². The maximum absolute atomic E-state index is 12.4. The number of piperazine rings is 1. The van der Waals surface area contributed by atoms with E-state index in [9.17, 15) is 27.6 Å². The number of alkyl halides is 3. The Hall–Kier alpha value is -2.78. The molecule has 2 aliphatic rings. The summed E-state index contributed by atoms with van der Waals surface area (Å²) >= 11 is 0. The van der Waals surface area contributed by atoms with Crippen LogP contribution >= 0.6 is 0 Å². The number of halogens is 3. The Labute approximate surface area is 159 Å². The SMILES string of the molecule is O=C1CN(c2ccc(CNC(=O)C3CC(=O)N(CC(F)(F)F)C3)cc2)CCN1. The molecule has 0 saturated carbocycles. The third-order valence-corrected chi connectivity index (χ3v) is 4.76. The van der Waals surface area contributed by atoms with Crippen LogP contribution in [0, 0.1) is 5.92 Å². The molecule has 0 spiro atoms. The molecule has 1 atom stereocenters. The quantitative estimate of drug-likeness (QED) is 0.763. The maximum Gasteiger partial charge on any atom is 0.406 e. The lowest BCUT2D eigenvalue weighted by molar-refractivity contribution is -0.157. The van der Waals surface area contributed by atoms with Crippen LogP contribution in [0.2, 0.25) is 0 Å². The van der Waals surface area contributed by atoms with Crippen molar-refractivity contribution in [2.75, 3.05) is 37.6 Å². The molecule has 152 valence electrons. The summed E-state index contributed by atoms with van der Waals surface area (Å²) in [7, 11) is 0. The van der Waals surface area contributed by atoms with Gasteiger partial charge in [0.1, 0.15) is 6.54 Å². The molecule has 0 aromatic heterocycles. The van der Waals surface area contributed by atoms with Gasteiger partial charge in [0.15, 0.2) is 0 Å². The van der Waals surface area contributed by atoms with Gasteiger partial charge in [0.2, 0.25) is 17.7 Å². The average Bonchev–Trinajstić information content (AvgIpc) is 2.99. The topological polar surface area (TPSA) is 81.8 Å². The number of nitrogens with one attached hydrogen (secondary N) is 2. The first-order chi connectivity index (χ1) is 13.2. The van der Waals surface area contributed by atoms with Gasteiger partial charge in [-0.15, -0.1) is 0 Å². The van der Waals surface area contributed by atoms with Crippen LogP contribution in [-0.4, -0.2) is 61.5 Å². The number of benzene rings is 1. The average molecular weight is 398 g/mol. The number of carbonyl (C=O) groups excluding carboxylic acids is 3. The molecule has 3 amide bonds. The Morgan fingerprint density at radius 1 is 1.21 bits per heavy atom. The van der Waals surface area contributed by atoms with Crippen LogP contribution in [0.25, 0.3) is 0 Å². The van der Waals surface area contributed by atoms with Crippen molar-refractivity contribution in [1.82, 2.24) is 15.5 Å². The largest absolute Gasteiger partial charge is 0.406 e. The summed E-state index contributed by atoms with van der Waals surface area (Å²) < 4.78 is 37.3. The molecule has 3 rings (SSSR count). The van der Waals surface area contributed by atoms with E-state index in [1.165, 1.54) is 0 Å². The normalized spacial score (nSPS) is 20.3. The van der Waals surface area contributed by atoms with Gasteiger partial charge in [0.25, 0.3) is 0 Å². The summed E-state index contributed by atoms with van der Waals surface area (Å²) in [5.74, 6) is -1.91. The first kappa shape index (κ1) is 20.0. The smallest absolute Gasteiger partial charge is 0.360 e. The zero-order chi connectivity index (χ0) is 20.3. The van der Waals surface area contributed by atoms with Gasteiger partial charge < -0.3 is 20.4 Å². The Morgan fingerprint density at radius 2 is 1.93 bits per heavy atom. The highest BCUT2D eigenvalue weighted by Gasteiger charge is 2.40. The molecule has 0 radical (unpaired) electrons. The third-order valence-electron chi connectivity index (χ3n) is 4.76. The molecule has 28 heavy (non-hydrogen) atoms. The monoisotopic (exact) mass is 398 g/mol. The molecule has 0 aliphatic carbocycles. The Morgan fingerprint density at radius 3 is 2.57 bits per heavy atom. The fourth-order valence-corrected chi connectivity index (χ4v) is 3.33. The van der Waals surface area contributed by atoms with E-state index < -0.39 is 30.5 Å². The van der Waals surface area contributed by atoms with Crippen LogP contribution in [0.4, 0.5) is 18.9 Å². The summed E-state index contributed by atoms with van der Waals surface area (Å²) in [6.45, 7) is 0.254. The number of carbonyl (C=O) groups is 3. The molecule has 1 aromatic rings. The second kappa shape index (κ2) is 8.07. The molecule has 2 fully saturated rings.